The summed E-state index contributed by atoms with van der Waals surface area (Å²) in [6, 6.07) is 0. The highest BCUT2D eigenvalue weighted by molar-refractivity contribution is 5.69. The Morgan fingerprint density at radius 3 is 2.33 bits per heavy atom. The Morgan fingerprint density at radius 1 is 0.933 bits per heavy atom. The summed E-state index contributed by atoms with van der Waals surface area (Å²) in [7, 11) is 0. The summed E-state index contributed by atoms with van der Waals surface area (Å²) in [6.07, 6.45) is 5.82. The number of unbranched alkanes of at least 4 members (excludes halogenated alkanes) is 3. The maximum absolute atomic E-state index is 11.1. The van der Waals surface area contributed by atoms with Crippen LogP contribution in [0.1, 0.15) is 52.4 Å². The molecule has 0 aliphatic carbocycles. The van der Waals surface area contributed by atoms with Gasteiger partial charge in [0, 0.05) is 6.61 Å². The van der Waals surface area contributed by atoms with E-state index in [-0.39, 0.29) is 5.97 Å². The van der Waals surface area contributed by atoms with Gasteiger partial charge in [0.2, 0.25) is 0 Å². The molecule has 0 N–H and O–H groups in total. The molecule has 15 heavy (non-hydrogen) atoms. The van der Waals surface area contributed by atoms with Crippen molar-refractivity contribution in [1.29, 1.82) is 0 Å². The molecule has 0 aliphatic rings. The van der Waals surface area contributed by atoms with E-state index in [4.69, 9.17) is 9.47 Å². The molecule has 3 heteroatoms. The van der Waals surface area contributed by atoms with Gasteiger partial charge >= 0.3 is 5.97 Å². The lowest BCUT2D eigenvalue weighted by Gasteiger charge is -2.04. The molecule has 0 rings (SSSR count). The first-order valence-electron chi connectivity index (χ1n) is 6.04. The van der Waals surface area contributed by atoms with Crippen molar-refractivity contribution in [1.82, 2.24) is 0 Å². The van der Waals surface area contributed by atoms with Crippen molar-refractivity contribution in [2.45, 2.75) is 52.4 Å². The molecule has 0 fully saturated rings. The quantitative estimate of drug-likeness (QED) is 0.416. The fourth-order valence-electron chi connectivity index (χ4n) is 1.11. The summed E-state index contributed by atoms with van der Waals surface area (Å²) in [4.78, 5) is 11.1. The monoisotopic (exact) mass is 216 g/mol. The van der Waals surface area contributed by atoms with Crippen molar-refractivity contribution < 1.29 is 14.3 Å². The maximum Gasteiger partial charge on any atom is 0.308 e. The summed E-state index contributed by atoms with van der Waals surface area (Å²) in [6.45, 7) is 6.04. The standard InChI is InChI=1S/C12H24O3/c1-3-5-7-10-15-12(13)8-11-14-9-6-4-2/h3-11H2,1-2H3. The Balaban J connectivity index is 3.11. The lowest BCUT2D eigenvalue weighted by atomic mass is 10.3. The molecule has 90 valence electrons. The van der Waals surface area contributed by atoms with Gasteiger partial charge in [0.25, 0.3) is 0 Å². The largest absolute Gasteiger partial charge is 0.466 e. The summed E-state index contributed by atoms with van der Waals surface area (Å²) >= 11 is 0. The molecule has 3 nitrogen and oxygen atoms in total. The van der Waals surface area contributed by atoms with E-state index in [1.165, 1.54) is 0 Å². The molecule has 0 aromatic rings. The summed E-state index contributed by atoms with van der Waals surface area (Å²) in [5.41, 5.74) is 0. The predicted molar refractivity (Wildman–Crippen MR) is 60.8 cm³/mol. The third-order valence-corrected chi connectivity index (χ3v) is 2.10. The van der Waals surface area contributed by atoms with E-state index >= 15 is 0 Å². The second-order valence-corrected chi connectivity index (χ2v) is 3.64. The van der Waals surface area contributed by atoms with Gasteiger partial charge in [-0.05, 0) is 12.8 Å². The number of carbonyl (C=O) groups excluding carboxylic acids is 1. The van der Waals surface area contributed by atoms with E-state index in [0.717, 1.165) is 38.7 Å². The molecule has 0 saturated carbocycles. The van der Waals surface area contributed by atoms with Crippen molar-refractivity contribution in [3.8, 4) is 0 Å². The second kappa shape index (κ2) is 11.5. The Kier molecular flexibility index (Phi) is 11.1. The van der Waals surface area contributed by atoms with Gasteiger partial charge in [0.05, 0.1) is 19.6 Å². The maximum atomic E-state index is 11.1. The van der Waals surface area contributed by atoms with Crippen LogP contribution in [0, 0.1) is 0 Å². The molecule has 0 bridgehead atoms. The van der Waals surface area contributed by atoms with Crippen LogP contribution in [0.5, 0.6) is 0 Å². The fourth-order valence-corrected chi connectivity index (χ4v) is 1.11. The molecule has 0 heterocycles. The molecule has 0 aromatic heterocycles. The Bertz CT molecular complexity index is 146. The minimum Gasteiger partial charge on any atom is -0.466 e. The van der Waals surface area contributed by atoms with Crippen LogP contribution in [0.25, 0.3) is 0 Å². The SMILES string of the molecule is CCCCCOC(=O)CCOCCCC. The zero-order valence-electron chi connectivity index (χ0n) is 10.1. The zero-order valence-corrected chi connectivity index (χ0v) is 10.1. The lowest BCUT2D eigenvalue weighted by Crippen LogP contribution is -2.09. The van der Waals surface area contributed by atoms with E-state index in [1.807, 2.05) is 0 Å². The lowest BCUT2D eigenvalue weighted by molar-refractivity contribution is -0.145. The average molecular weight is 216 g/mol. The van der Waals surface area contributed by atoms with Gasteiger partial charge in [-0.25, -0.2) is 0 Å². The average Bonchev–Trinajstić information content (AvgIpc) is 2.24. The Hall–Kier alpha value is -0.570. The van der Waals surface area contributed by atoms with E-state index in [0.29, 0.717) is 19.6 Å². The summed E-state index contributed by atoms with van der Waals surface area (Å²) in [5.74, 6) is -0.136. The number of rotatable bonds is 10. The van der Waals surface area contributed by atoms with Gasteiger partial charge in [0.1, 0.15) is 0 Å². The van der Waals surface area contributed by atoms with Crippen molar-refractivity contribution in [2.24, 2.45) is 0 Å². The third kappa shape index (κ3) is 11.4. The molecule has 0 saturated heterocycles. The molecule has 0 aliphatic heterocycles. The summed E-state index contributed by atoms with van der Waals surface area (Å²) in [5, 5.41) is 0. The molecule has 0 atom stereocenters. The van der Waals surface area contributed by atoms with Crippen LogP contribution >= 0.6 is 0 Å². The second-order valence-electron chi connectivity index (χ2n) is 3.64. The first-order chi connectivity index (χ1) is 7.31. The molecule has 0 unspecified atom stereocenters. The Labute approximate surface area is 93.1 Å². The molecular formula is C12H24O3. The van der Waals surface area contributed by atoms with Crippen molar-refractivity contribution in [2.75, 3.05) is 19.8 Å². The van der Waals surface area contributed by atoms with Gasteiger partial charge in [-0.1, -0.05) is 33.1 Å². The van der Waals surface area contributed by atoms with Gasteiger partial charge in [-0.15, -0.1) is 0 Å². The predicted octanol–water partition coefficient (Wildman–Crippen LogP) is 2.93. The van der Waals surface area contributed by atoms with Crippen LogP contribution in [-0.2, 0) is 14.3 Å². The number of hydrogen-bond acceptors (Lipinski definition) is 3. The highest BCUT2D eigenvalue weighted by Gasteiger charge is 2.01. The van der Waals surface area contributed by atoms with Gasteiger partial charge in [0.15, 0.2) is 0 Å². The summed E-state index contributed by atoms with van der Waals surface area (Å²) < 4.78 is 10.3. The first-order valence-corrected chi connectivity index (χ1v) is 6.04. The molecule has 0 aromatic carbocycles. The van der Waals surface area contributed by atoms with E-state index < -0.39 is 0 Å². The number of ether oxygens (including phenoxy) is 2. The van der Waals surface area contributed by atoms with Crippen LogP contribution in [0.2, 0.25) is 0 Å². The Morgan fingerprint density at radius 2 is 1.67 bits per heavy atom. The fraction of sp³-hybridized carbons (Fsp3) is 0.917. The van der Waals surface area contributed by atoms with Gasteiger partial charge in [-0.2, -0.15) is 0 Å². The highest BCUT2D eigenvalue weighted by atomic mass is 16.5. The van der Waals surface area contributed by atoms with Crippen LogP contribution < -0.4 is 0 Å². The third-order valence-electron chi connectivity index (χ3n) is 2.10. The van der Waals surface area contributed by atoms with Crippen molar-refractivity contribution >= 4 is 5.97 Å². The molecular weight excluding hydrogens is 192 g/mol. The van der Waals surface area contributed by atoms with Gasteiger partial charge < -0.3 is 9.47 Å². The smallest absolute Gasteiger partial charge is 0.308 e. The molecule has 0 amide bonds. The topological polar surface area (TPSA) is 35.5 Å². The van der Waals surface area contributed by atoms with Crippen molar-refractivity contribution in [3.63, 3.8) is 0 Å². The van der Waals surface area contributed by atoms with E-state index in [2.05, 4.69) is 13.8 Å². The molecule has 0 radical (unpaired) electrons. The highest BCUT2D eigenvalue weighted by Crippen LogP contribution is 1.96. The number of esters is 1. The van der Waals surface area contributed by atoms with E-state index in [1.54, 1.807) is 0 Å². The van der Waals surface area contributed by atoms with E-state index in [9.17, 15) is 4.79 Å². The van der Waals surface area contributed by atoms with Crippen molar-refractivity contribution in [3.05, 3.63) is 0 Å². The van der Waals surface area contributed by atoms with Crippen LogP contribution in [0.3, 0.4) is 0 Å². The van der Waals surface area contributed by atoms with Crippen LogP contribution in [-0.4, -0.2) is 25.8 Å². The van der Waals surface area contributed by atoms with Crippen LogP contribution in [0.4, 0.5) is 0 Å². The normalized spacial score (nSPS) is 10.3. The number of carbonyl (C=O) groups is 1. The number of hydrogen-bond donors (Lipinski definition) is 0. The minimum absolute atomic E-state index is 0.136. The molecule has 0 spiro atoms. The minimum atomic E-state index is -0.136. The van der Waals surface area contributed by atoms with Gasteiger partial charge in [-0.3, -0.25) is 4.79 Å². The van der Waals surface area contributed by atoms with Crippen LogP contribution in [0.15, 0.2) is 0 Å². The zero-order chi connectivity index (χ0) is 11.4. The first kappa shape index (κ1) is 14.4.